The summed E-state index contributed by atoms with van der Waals surface area (Å²) in [7, 11) is 0. The second-order valence-electron chi connectivity index (χ2n) is 8.47. The summed E-state index contributed by atoms with van der Waals surface area (Å²) in [6.45, 7) is 4.04. The van der Waals surface area contributed by atoms with Crippen molar-refractivity contribution in [3.8, 4) is 5.75 Å². The normalized spacial score (nSPS) is 25.8. The number of likely N-dealkylation sites (tertiary alicyclic amines) is 1. The summed E-state index contributed by atoms with van der Waals surface area (Å²) >= 11 is 6.19. The monoisotopic (exact) mass is 460 g/mol. The van der Waals surface area contributed by atoms with Gasteiger partial charge in [0.15, 0.2) is 0 Å². The number of aliphatic imine (C=N–C) groups is 1. The van der Waals surface area contributed by atoms with Crippen LogP contribution in [0, 0.1) is 17.1 Å². The highest BCUT2D eigenvalue weighted by molar-refractivity contribution is 6.43. The fourth-order valence-corrected chi connectivity index (χ4v) is 4.39. The van der Waals surface area contributed by atoms with E-state index >= 15 is 0 Å². The fourth-order valence-electron chi connectivity index (χ4n) is 4.30. The van der Waals surface area contributed by atoms with Crippen molar-refractivity contribution < 1.29 is 19.0 Å². The zero-order valence-corrected chi connectivity index (χ0v) is 18.8. The molecule has 1 saturated heterocycles. The topological polar surface area (TPSA) is 98.0 Å². The molecule has 1 aromatic rings. The van der Waals surface area contributed by atoms with E-state index in [9.17, 15) is 14.3 Å². The number of nitrogens with one attached hydrogen (secondary N) is 2. The van der Waals surface area contributed by atoms with Gasteiger partial charge in [0.2, 0.25) is 0 Å². The van der Waals surface area contributed by atoms with Crippen molar-refractivity contribution in [2.45, 2.75) is 39.2 Å². The standard InChI is InChI=1S/C23H26ClFN4O3/c1-12-21(24)13(2)28-22(27-12)18-9-29(10-19(18)26)23(31)17-6-4-15(25)8-20(17)32-16-5-3-14(7-16)11-30/h4,6,8,14,16,26-27,30H,3,5,7,9-11H2,1-2H3/b22-18+,26-19?. The molecule has 7 nitrogen and oxygen atoms in total. The number of halogens is 2. The lowest BCUT2D eigenvalue weighted by molar-refractivity contribution is 0.0795. The Kier molecular flexibility index (Phi) is 6.35. The van der Waals surface area contributed by atoms with Gasteiger partial charge in [0.25, 0.3) is 5.91 Å². The molecule has 3 N–H and O–H groups in total. The summed E-state index contributed by atoms with van der Waals surface area (Å²) < 4.78 is 19.9. The number of amides is 1. The molecule has 2 aliphatic heterocycles. The maximum absolute atomic E-state index is 14.0. The van der Waals surface area contributed by atoms with Crippen LogP contribution in [-0.4, -0.2) is 53.1 Å². The first-order valence-electron chi connectivity index (χ1n) is 10.6. The number of hydrogen-bond acceptors (Lipinski definition) is 6. The number of nitrogens with zero attached hydrogens (tertiary/aromatic N) is 2. The van der Waals surface area contributed by atoms with E-state index in [0.717, 1.165) is 18.5 Å². The first-order chi connectivity index (χ1) is 15.3. The molecule has 1 aromatic carbocycles. The predicted molar refractivity (Wildman–Crippen MR) is 121 cm³/mol. The molecule has 1 aliphatic carbocycles. The maximum Gasteiger partial charge on any atom is 0.258 e. The van der Waals surface area contributed by atoms with Crippen molar-refractivity contribution in [1.29, 1.82) is 5.41 Å². The van der Waals surface area contributed by atoms with Gasteiger partial charge in [-0.2, -0.15) is 0 Å². The molecule has 0 bridgehead atoms. The number of rotatable bonds is 4. The highest BCUT2D eigenvalue weighted by atomic mass is 35.5. The first-order valence-corrected chi connectivity index (χ1v) is 11.0. The van der Waals surface area contributed by atoms with Crippen molar-refractivity contribution >= 4 is 28.9 Å². The summed E-state index contributed by atoms with van der Waals surface area (Å²) in [6.07, 6.45) is 2.09. The van der Waals surface area contributed by atoms with Gasteiger partial charge in [0, 0.05) is 23.9 Å². The molecular formula is C23H26ClFN4O3. The SMILES string of the molecule is CC1=N/C(=C2\CN(C(=O)c3ccc(F)cc3OC3CCC(CO)C3)CC2=N)NC(C)=C1Cl. The van der Waals surface area contributed by atoms with Gasteiger partial charge in [0.05, 0.1) is 41.2 Å². The Morgan fingerprint density at radius 2 is 2.16 bits per heavy atom. The van der Waals surface area contributed by atoms with E-state index in [1.807, 2.05) is 6.92 Å². The number of hydrogen-bond donors (Lipinski definition) is 3. The Morgan fingerprint density at radius 3 is 2.84 bits per heavy atom. The number of aliphatic hydroxyl groups excluding tert-OH is 1. The largest absolute Gasteiger partial charge is 0.489 e. The molecule has 0 radical (unpaired) electrons. The number of carbonyl (C=O) groups excluding carboxylic acids is 1. The molecular weight excluding hydrogens is 435 g/mol. The average Bonchev–Trinajstić information content (AvgIpc) is 3.37. The summed E-state index contributed by atoms with van der Waals surface area (Å²) in [6, 6.07) is 3.89. The molecule has 2 heterocycles. The van der Waals surface area contributed by atoms with E-state index in [4.69, 9.17) is 21.7 Å². The number of ether oxygens (including phenoxy) is 1. The summed E-state index contributed by atoms with van der Waals surface area (Å²) in [5, 5.41) is 21.4. The van der Waals surface area contributed by atoms with E-state index < -0.39 is 5.82 Å². The van der Waals surface area contributed by atoms with Crippen LogP contribution >= 0.6 is 11.6 Å². The molecule has 2 fully saturated rings. The molecule has 1 amide bonds. The van der Waals surface area contributed by atoms with Gasteiger partial charge >= 0.3 is 0 Å². The van der Waals surface area contributed by atoms with Crippen LogP contribution in [0.4, 0.5) is 4.39 Å². The van der Waals surface area contributed by atoms with Crippen LogP contribution in [0.3, 0.4) is 0 Å². The Labute approximate surface area is 191 Å². The zero-order valence-electron chi connectivity index (χ0n) is 18.0. The van der Waals surface area contributed by atoms with Crippen LogP contribution in [0.5, 0.6) is 5.75 Å². The molecule has 2 atom stereocenters. The van der Waals surface area contributed by atoms with Crippen molar-refractivity contribution in [1.82, 2.24) is 10.2 Å². The minimum Gasteiger partial charge on any atom is -0.489 e. The molecule has 2 unspecified atom stereocenters. The van der Waals surface area contributed by atoms with Crippen LogP contribution in [-0.2, 0) is 0 Å². The lowest BCUT2D eigenvalue weighted by Gasteiger charge is -2.20. The molecule has 0 aromatic heterocycles. The number of aliphatic hydroxyl groups is 1. The van der Waals surface area contributed by atoms with Crippen molar-refractivity contribution in [3.63, 3.8) is 0 Å². The third-order valence-electron chi connectivity index (χ3n) is 6.09. The molecule has 4 rings (SSSR count). The average molecular weight is 461 g/mol. The number of carbonyl (C=O) groups is 1. The molecule has 32 heavy (non-hydrogen) atoms. The minimum absolute atomic E-state index is 0.0952. The second-order valence-corrected chi connectivity index (χ2v) is 8.85. The van der Waals surface area contributed by atoms with E-state index in [-0.39, 0.29) is 54.7 Å². The highest BCUT2D eigenvalue weighted by Crippen LogP contribution is 2.32. The zero-order chi connectivity index (χ0) is 23.0. The number of benzene rings is 1. The lowest BCUT2D eigenvalue weighted by Crippen LogP contribution is -2.30. The Morgan fingerprint density at radius 1 is 1.38 bits per heavy atom. The molecule has 0 spiro atoms. The lowest BCUT2D eigenvalue weighted by atomic mass is 10.1. The van der Waals surface area contributed by atoms with Gasteiger partial charge in [-0.25, -0.2) is 9.38 Å². The minimum atomic E-state index is -0.486. The van der Waals surface area contributed by atoms with E-state index in [0.29, 0.717) is 28.6 Å². The van der Waals surface area contributed by atoms with E-state index in [2.05, 4.69) is 10.3 Å². The van der Waals surface area contributed by atoms with Crippen LogP contribution in [0.15, 0.2) is 45.3 Å². The van der Waals surface area contributed by atoms with Gasteiger partial charge in [-0.1, -0.05) is 11.6 Å². The van der Waals surface area contributed by atoms with E-state index in [1.165, 1.54) is 23.1 Å². The van der Waals surface area contributed by atoms with Crippen molar-refractivity contribution in [2.75, 3.05) is 19.7 Å². The van der Waals surface area contributed by atoms with Crippen LogP contribution in [0.25, 0.3) is 0 Å². The van der Waals surface area contributed by atoms with E-state index in [1.54, 1.807) is 6.92 Å². The van der Waals surface area contributed by atoms with Crippen LogP contribution in [0.1, 0.15) is 43.5 Å². The molecule has 170 valence electrons. The van der Waals surface area contributed by atoms with Gasteiger partial charge in [-0.15, -0.1) is 0 Å². The predicted octanol–water partition coefficient (Wildman–Crippen LogP) is 3.59. The van der Waals surface area contributed by atoms with Crippen molar-refractivity contribution in [2.24, 2.45) is 10.9 Å². The summed E-state index contributed by atoms with van der Waals surface area (Å²) in [4.78, 5) is 19.3. The highest BCUT2D eigenvalue weighted by Gasteiger charge is 2.33. The quantitative estimate of drug-likeness (QED) is 0.639. The third kappa shape index (κ3) is 4.42. The van der Waals surface area contributed by atoms with Gasteiger partial charge < -0.3 is 25.5 Å². The van der Waals surface area contributed by atoms with Gasteiger partial charge in [0.1, 0.15) is 17.4 Å². The van der Waals surface area contributed by atoms with Gasteiger partial charge in [-0.05, 0) is 51.2 Å². The third-order valence-corrected chi connectivity index (χ3v) is 6.64. The first kappa shape index (κ1) is 22.5. The smallest absolute Gasteiger partial charge is 0.258 e. The Balaban J connectivity index is 1.56. The van der Waals surface area contributed by atoms with Crippen molar-refractivity contribution in [3.05, 3.63) is 51.7 Å². The Hall–Kier alpha value is -2.71. The van der Waals surface area contributed by atoms with Crippen LogP contribution in [0.2, 0.25) is 0 Å². The maximum atomic E-state index is 14.0. The number of allylic oxidation sites excluding steroid dienone is 2. The Bertz CT molecular complexity index is 1070. The molecule has 3 aliphatic rings. The van der Waals surface area contributed by atoms with Gasteiger partial charge in [-0.3, -0.25) is 4.79 Å². The second kappa shape index (κ2) is 9.03. The molecule has 9 heteroatoms. The van der Waals surface area contributed by atoms with Crippen LogP contribution < -0.4 is 10.1 Å². The molecule has 1 saturated carbocycles. The summed E-state index contributed by atoms with van der Waals surface area (Å²) in [5.41, 5.74) is 2.55. The summed E-state index contributed by atoms with van der Waals surface area (Å²) in [5.74, 6) is 0.0566. The fraction of sp³-hybridized carbons (Fsp3) is 0.435.